The zero-order valence-electron chi connectivity index (χ0n) is 14.9. The van der Waals surface area contributed by atoms with Crippen LogP contribution in [0.15, 0.2) is 53.4 Å². The molecule has 0 saturated heterocycles. The van der Waals surface area contributed by atoms with Crippen molar-refractivity contribution in [2.24, 2.45) is 5.92 Å². The van der Waals surface area contributed by atoms with Gasteiger partial charge in [0.2, 0.25) is 15.9 Å². The smallest absolute Gasteiger partial charge is 0.251 e. The average Bonchev–Trinajstić information content (AvgIpc) is 3.51. The highest BCUT2D eigenvalue weighted by atomic mass is 32.2. The van der Waals surface area contributed by atoms with Gasteiger partial charge in [0.05, 0.1) is 4.90 Å². The van der Waals surface area contributed by atoms with E-state index in [9.17, 15) is 22.4 Å². The van der Waals surface area contributed by atoms with Crippen molar-refractivity contribution in [2.45, 2.75) is 17.7 Å². The summed E-state index contributed by atoms with van der Waals surface area (Å²) in [7, 11) is -3.85. The highest BCUT2D eigenvalue weighted by Gasteiger charge is 2.29. The molecule has 1 aliphatic carbocycles. The predicted molar refractivity (Wildman–Crippen MR) is 102 cm³/mol. The van der Waals surface area contributed by atoms with E-state index in [-0.39, 0.29) is 35.7 Å². The predicted octanol–water partition coefficient (Wildman–Crippen LogP) is 1.88. The minimum Gasteiger partial charge on any atom is -0.351 e. The third kappa shape index (κ3) is 5.37. The maximum atomic E-state index is 13.1. The number of rotatable bonds is 8. The van der Waals surface area contributed by atoms with Crippen LogP contribution in [0.1, 0.15) is 23.2 Å². The van der Waals surface area contributed by atoms with Crippen LogP contribution in [-0.2, 0) is 14.8 Å². The number of nitrogens with one attached hydrogen (secondary N) is 3. The number of halogens is 1. The van der Waals surface area contributed by atoms with Gasteiger partial charge in [-0.1, -0.05) is 6.07 Å². The fourth-order valence-electron chi connectivity index (χ4n) is 2.48. The van der Waals surface area contributed by atoms with Crippen LogP contribution >= 0.6 is 0 Å². The molecule has 0 unspecified atom stereocenters. The summed E-state index contributed by atoms with van der Waals surface area (Å²) in [5, 5.41) is 5.38. The standard InChI is InChI=1S/C19H20FN3O4S/c20-15-2-1-3-17(12-15)28(26,27)22-11-10-21-18(24)13-6-8-16(9-7-13)23-19(25)14-4-5-14/h1-3,6-9,12,14,22H,4-5,10-11H2,(H,21,24)(H,23,25). The van der Waals surface area contributed by atoms with E-state index in [1.165, 1.54) is 12.1 Å². The molecular formula is C19H20FN3O4S. The first kappa shape index (κ1) is 20.0. The molecule has 2 aromatic carbocycles. The van der Waals surface area contributed by atoms with Gasteiger partial charge < -0.3 is 10.6 Å². The highest BCUT2D eigenvalue weighted by Crippen LogP contribution is 2.30. The van der Waals surface area contributed by atoms with Crippen molar-refractivity contribution in [3.05, 3.63) is 59.9 Å². The van der Waals surface area contributed by atoms with Crippen LogP contribution < -0.4 is 15.4 Å². The molecule has 0 atom stereocenters. The Morgan fingerprint density at radius 3 is 2.39 bits per heavy atom. The molecule has 1 saturated carbocycles. The molecule has 2 amide bonds. The minimum absolute atomic E-state index is 0.0113. The Bertz CT molecular complexity index is 973. The summed E-state index contributed by atoms with van der Waals surface area (Å²) in [6.45, 7) is 0.0215. The molecule has 0 aliphatic heterocycles. The van der Waals surface area contributed by atoms with Crippen LogP contribution in [0.4, 0.5) is 10.1 Å². The fourth-order valence-corrected chi connectivity index (χ4v) is 3.54. The minimum atomic E-state index is -3.85. The van der Waals surface area contributed by atoms with Gasteiger partial charge >= 0.3 is 0 Å². The first-order valence-electron chi connectivity index (χ1n) is 8.79. The lowest BCUT2D eigenvalue weighted by Gasteiger charge is -2.09. The molecule has 3 N–H and O–H groups in total. The van der Waals surface area contributed by atoms with Gasteiger partial charge in [-0.15, -0.1) is 0 Å². The Morgan fingerprint density at radius 2 is 1.75 bits per heavy atom. The summed E-state index contributed by atoms with van der Waals surface area (Å²) in [4.78, 5) is 23.6. The van der Waals surface area contributed by atoms with Gasteiger partial charge in [-0.05, 0) is 55.3 Å². The van der Waals surface area contributed by atoms with Crippen molar-refractivity contribution < 1.29 is 22.4 Å². The van der Waals surface area contributed by atoms with E-state index >= 15 is 0 Å². The van der Waals surface area contributed by atoms with Gasteiger partial charge in [0.15, 0.2) is 0 Å². The molecule has 148 valence electrons. The molecule has 9 heteroatoms. The second-order valence-corrected chi connectivity index (χ2v) is 8.22. The van der Waals surface area contributed by atoms with Crippen molar-refractivity contribution in [1.82, 2.24) is 10.0 Å². The quantitative estimate of drug-likeness (QED) is 0.583. The van der Waals surface area contributed by atoms with Crippen molar-refractivity contribution in [1.29, 1.82) is 0 Å². The van der Waals surface area contributed by atoms with Gasteiger partial charge in [0.25, 0.3) is 5.91 Å². The van der Waals surface area contributed by atoms with E-state index in [0.717, 1.165) is 25.0 Å². The van der Waals surface area contributed by atoms with E-state index in [2.05, 4.69) is 15.4 Å². The van der Waals surface area contributed by atoms with Crippen LogP contribution in [0.5, 0.6) is 0 Å². The van der Waals surface area contributed by atoms with Crippen LogP contribution in [-0.4, -0.2) is 33.3 Å². The average molecular weight is 405 g/mol. The zero-order chi connectivity index (χ0) is 20.1. The van der Waals surface area contributed by atoms with Crippen LogP contribution in [0.3, 0.4) is 0 Å². The van der Waals surface area contributed by atoms with Crippen molar-refractivity contribution in [3.8, 4) is 0 Å². The first-order valence-corrected chi connectivity index (χ1v) is 10.3. The maximum Gasteiger partial charge on any atom is 0.251 e. The summed E-state index contributed by atoms with van der Waals surface area (Å²) in [6.07, 6.45) is 1.82. The van der Waals surface area contributed by atoms with Crippen molar-refractivity contribution in [2.75, 3.05) is 18.4 Å². The van der Waals surface area contributed by atoms with E-state index in [1.807, 2.05) is 0 Å². The van der Waals surface area contributed by atoms with E-state index in [0.29, 0.717) is 11.3 Å². The van der Waals surface area contributed by atoms with Crippen LogP contribution in [0.25, 0.3) is 0 Å². The van der Waals surface area contributed by atoms with Crippen molar-refractivity contribution in [3.63, 3.8) is 0 Å². The fraction of sp³-hybridized carbons (Fsp3) is 0.263. The van der Waals surface area contributed by atoms with Gasteiger partial charge in [-0.3, -0.25) is 9.59 Å². The van der Waals surface area contributed by atoms with Crippen LogP contribution in [0, 0.1) is 11.7 Å². The molecule has 2 aromatic rings. The number of carbonyl (C=O) groups is 2. The largest absolute Gasteiger partial charge is 0.351 e. The SMILES string of the molecule is O=C(NCCNS(=O)(=O)c1cccc(F)c1)c1ccc(NC(=O)C2CC2)cc1. The number of amides is 2. The number of hydrogen-bond donors (Lipinski definition) is 3. The summed E-state index contributed by atoms with van der Waals surface area (Å²) >= 11 is 0. The van der Waals surface area contributed by atoms with E-state index < -0.39 is 15.8 Å². The Balaban J connectivity index is 1.45. The normalized spacial score (nSPS) is 13.8. The summed E-state index contributed by atoms with van der Waals surface area (Å²) in [6, 6.07) is 11.1. The third-order valence-corrected chi connectivity index (χ3v) is 5.63. The van der Waals surface area contributed by atoms with Gasteiger partial charge in [0.1, 0.15) is 5.82 Å². The molecule has 0 bridgehead atoms. The summed E-state index contributed by atoms with van der Waals surface area (Å²) in [5.74, 6) is -0.931. The lowest BCUT2D eigenvalue weighted by Crippen LogP contribution is -2.34. The molecule has 7 nitrogen and oxygen atoms in total. The number of carbonyl (C=O) groups excluding carboxylic acids is 2. The lowest BCUT2D eigenvalue weighted by atomic mass is 10.2. The second-order valence-electron chi connectivity index (χ2n) is 6.45. The number of anilines is 1. The number of hydrogen-bond acceptors (Lipinski definition) is 4. The molecule has 0 aromatic heterocycles. The highest BCUT2D eigenvalue weighted by molar-refractivity contribution is 7.89. The molecule has 1 fully saturated rings. The van der Waals surface area contributed by atoms with Crippen molar-refractivity contribution >= 4 is 27.5 Å². The Kier molecular flexibility index (Phi) is 6.05. The van der Waals surface area contributed by atoms with E-state index in [1.54, 1.807) is 24.3 Å². The molecule has 28 heavy (non-hydrogen) atoms. The monoisotopic (exact) mass is 405 g/mol. The number of benzene rings is 2. The van der Waals surface area contributed by atoms with Crippen LogP contribution in [0.2, 0.25) is 0 Å². The second kappa shape index (κ2) is 8.49. The lowest BCUT2D eigenvalue weighted by molar-refractivity contribution is -0.117. The van der Waals surface area contributed by atoms with Gasteiger partial charge in [0, 0.05) is 30.3 Å². The topological polar surface area (TPSA) is 104 Å². The Morgan fingerprint density at radius 1 is 1.04 bits per heavy atom. The third-order valence-electron chi connectivity index (χ3n) is 4.17. The zero-order valence-corrected chi connectivity index (χ0v) is 15.8. The molecule has 0 radical (unpaired) electrons. The summed E-state index contributed by atoms with van der Waals surface area (Å²) in [5.41, 5.74) is 1.01. The molecule has 1 aliphatic rings. The molecule has 0 heterocycles. The summed E-state index contributed by atoms with van der Waals surface area (Å²) < 4.78 is 39.6. The molecular weight excluding hydrogens is 385 g/mol. The molecule has 0 spiro atoms. The van der Waals surface area contributed by atoms with E-state index in [4.69, 9.17) is 0 Å². The number of sulfonamides is 1. The Hall–Kier alpha value is -2.78. The Labute approximate surface area is 162 Å². The maximum absolute atomic E-state index is 13.1. The van der Waals surface area contributed by atoms with Gasteiger partial charge in [-0.25, -0.2) is 17.5 Å². The molecule has 3 rings (SSSR count). The van der Waals surface area contributed by atoms with Gasteiger partial charge in [-0.2, -0.15) is 0 Å². The first-order chi connectivity index (χ1) is 13.3.